The molecule has 0 N–H and O–H groups in total. The van der Waals surface area contributed by atoms with Crippen LogP contribution in [0.5, 0.6) is 0 Å². The van der Waals surface area contributed by atoms with Crippen molar-refractivity contribution >= 4 is 34.2 Å². The molecule has 0 aliphatic heterocycles. The molecular formula is C15H12S. The Bertz CT molecular complexity index is 683. The zero-order valence-electron chi connectivity index (χ0n) is 9.07. The minimum Gasteiger partial charge on any atom is -0.143 e. The topological polar surface area (TPSA) is 0 Å². The molecule has 0 amide bonds. The van der Waals surface area contributed by atoms with Crippen LogP contribution in [0.1, 0.15) is 5.56 Å². The van der Waals surface area contributed by atoms with Gasteiger partial charge in [-0.25, -0.2) is 0 Å². The number of thiol groups is 1. The Morgan fingerprint density at radius 1 is 0.750 bits per heavy atom. The Labute approximate surface area is 100 Å². The van der Waals surface area contributed by atoms with Crippen LogP contribution in [0, 0.1) is 6.92 Å². The molecule has 0 fully saturated rings. The third-order valence-corrected chi connectivity index (χ3v) is 3.65. The van der Waals surface area contributed by atoms with Crippen molar-refractivity contribution in [2.24, 2.45) is 0 Å². The lowest BCUT2D eigenvalue weighted by molar-refractivity contribution is 1.36. The van der Waals surface area contributed by atoms with Crippen LogP contribution >= 0.6 is 12.6 Å². The summed E-state index contributed by atoms with van der Waals surface area (Å²) in [7, 11) is 0. The van der Waals surface area contributed by atoms with Gasteiger partial charge in [-0.3, -0.25) is 0 Å². The second-order valence-electron chi connectivity index (χ2n) is 4.09. The van der Waals surface area contributed by atoms with Crippen LogP contribution in [0.15, 0.2) is 53.4 Å². The monoisotopic (exact) mass is 224 g/mol. The third-order valence-electron chi connectivity index (χ3n) is 3.17. The van der Waals surface area contributed by atoms with Crippen molar-refractivity contribution in [2.45, 2.75) is 11.8 Å². The highest BCUT2D eigenvalue weighted by molar-refractivity contribution is 7.80. The van der Waals surface area contributed by atoms with Crippen molar-refractivity contribution in [1.82, 2.24) is 0 Å². The number of aryl methyl sites for hydroxylation is 1. The summed E-state index contributed by atoms with van der Waals surface area (Å²) < 4.78 is 0. The van der Waals surface area contributed by atoms with Crippen LogP contribution in [0.4, 0.5) is 0 Å². The van der Waals surface area contributed by atoms with Gasteiger partial charge < -0.3 is 0 Å². The van der Waals surface area contributed by atoms with Gasteiger partial charge in [-0.05, 0) is 40.1 Å². The zero-order valence-corrected chi connectivity index (χ0v) is 9.96. The summed E-state index contributed by atoms with van der Waals surface area (Å²) in [5.41, 5.74) is 1.26. The highest BCUT2D eigenvalue weighted by Crippen LogP contribution is 2.30. The van der Waals surface area contributed by atoms with Gasteiger partial charge >= 0.3 is 0 Å². The Hall–Kier alpha value is -1.47. The maximum Gasteiger partial charge on any atom is 0.00756 e. The summed E-state index contributed by atoms with van der Waals surface area (Å²) in [6.07, 6.45) is 0. The second kappa shape index (κ2) is 3.53. The lowest BCUT2D eigenvalue weighted by Crippen LogP contribution is -1.82. The van der Waals surface area contributed by atoms with Crippen LogP contribution in [0.3, 0.4) is 0 Å². The molecule has 0 heterocycles. The van der Waals surface area contributed by atoms with E-state index in [1.54, 1.807) is 0 Å². The number of benzene rings is 3. The van der Waals surface area contributed by atoms with Crippen molar-refractivity contribution in [1.29, 1.82) is 0 Å². The minimum absolute atomic E-state index is 1.06. The van der Waals surface area contributed by atoms with Crippen LogP contribution in [0.25, 0.3) is 21.5 Å². The fourth-order valence-corrected chi connectivity index (χ4v) is 2.42. The molecule has 0 aliphatic carbocycles. The summed E-state index contributed by atoms with van der Waals surface area (Å²) in [5, 5.41) is 5.22. The molecule has 0 radical (unpaired) electrons. The molecule has 0 spiro atoms. The molecule has 0 saturated heterocycles. The lowest BCUT2D eigenvalue weighted by Gasteiger charge is -2.08. The molecule has 0 aromatic heterocycles. The van der Waals surface area contributed by atoms with E-state index in [4.69, 9.17) is 0 Å². The van der Waals surface area contributed by atoms with Gasteiger partial charge in [0.1, 0.15) is 0 Å². The summed E-state index contributed by atoms with van der Waals surface area (Å²) in [6, 6.07) is 17.1. The molecule has 3 aromatic carbocycles. The summed E-state index contributed by atoms with van der Waals surface area (Å²) in [6.45, 7) is 2.12. The van der Waals surface area contributed by atoms with E-state index in [0.29, 0.717) is 0 Å². The number of rotatable bonds is 0. The first-order chi connectivity index (χ1) is 7.77. The number of hydrogen-bond acceptors (Lipinski definition) is 1. The van der Waals surface area contributed by atoms with Gasteiger partial charge in [0.2, 0.25) is 0 Å². The molecule has 1 heteroatoms. The van der Waals surface area contributed by atoms with Crippen molar-refractivity contribution in [3.8, 4) is 0 Å². The van der Waals surface area contributed by atoms with Gasteiger partial charge in [0, 0.05) is 4.90 Å². The summed E-state index contributed by atoms with van der Waals surface area (Å²) >= 11 is 4.47. The van der Waals surface area contributed by atoms with Gasteiger partial charge in [0.25, 0.3) is 0 Å². The fourth-order valence-electron chi connectivity index (χ4n) is 2.23. The fraction of sp³-hybridized carbons (Fsp3) is 0.0667. The second-order valence-corrected chi connectivity index (χ2v) is 4.57. The minimum atomic E-state index is 1.06. The first-order valence-corrected chi connectivity index (χ1v) is 5.82. The standard InChI is InChI=1S/C15H12S/c1-10-12-7-6-11-4-2-3-5-13(11)14(12)8-9-15(10)16/h2-9,16H,1H3. The van der Waals surface area contributed by atoms with Gasteiger partial charge in [-0.15, -0.1) is 12.6 Å². The van der Waals surface area contributed by atoms with E-state index in [-0.39, 0.29) is 0 Å². The molecule has 3 aromatic rings. The third kappa shape index (κ3) is 1.32. The average Bonchev–Trinajstić information content (AvgIpc) is 2.33. The predicted molar refractivity (Wildman–Crippen MR) is 73.4 cm³/mol. The number of fused-ring (bicyclic) bond motifs is 3. The Morgan fingerprint density at radius 3 is 2.38 bits per heavy atom. The van der Waals surface area contributed by atoms with E-state index < -0.39 is 0 Å². The smallest absolute Gasteiger partial charge is 0.00756 e. The van der Waals surface area contributed by atoms with E-state index in [1.807, 2.05) is 0 Å². The molecule has 3 rings (SSSR count). The molecule has 0 unspecified atom stereocenters. The average molecular weight is 224 g/mol. The molecule has 0 nitrogen and oxygen atoms in total. The lowest BCUT2D eigenvalue weighted by atomic mass is 9.99. The van der Waals surface area contributed by atoms with Crippen molar-refractivity contribution < 1.29 is 0 Å². The Morgan fingerprint density at radius 2 is 1.50 bits per heavy atom. The van der Waals surface area contributed by atoms with Crippen LogP contribution in [-0.2, 0) is 0 Å². The number of hydrogen-bond donors (Lipinski definition) is 1. The molecule has 0 saturated carbocycles. The largest absolute Gasteiger partial charge is 0.143 e. The van der Waals surface area contributed by atoms with E-state index in [1.165, 1.54) is 27.1 Å². The van der Waals surface area contributed by atoms with Gasteiger partial charge in [-0.1, -0.05) is 42.5 Å². The quantitative estimate of drug-likeness (QED) is 0.419. The maximum atomic E-state index is 4.47. The van der Waals surface area contributed by atoms with Crippen LogP contribution in [-0.4, -0.2) is 0 Å². The van der Waals surface area contributed by atoms with Gasteiger partial charge in [-0.2, -0.15) is 0 Å². The van der Waals surface area contributed by atoms with E-state index >= 15 is 0 Å². The predicted octanol–water partition coefficient (Wildman–Crippen LogP) is 4.59. The molecule has 0 bridgehead atoms. The highest BCUT2D eigenvalue weighted by atomic mass is 32.1. The normalized spacial score (nSPS) is 11.1. The van der Waals surface area contributed by atoms with Gasteiger partial charge in [0.15, 0.2) is 0 Å². The van der Waals surface area contributed by atoms with E-state index in [2.05, 4.69) is 68.1 Å². The SMILES string of the molecule is Cc1c(S)ccc2c1ccc1ccccc12. The Kier molecular flexibility index (Phi) is 2.15. The van der Waals surface area contributed by atoms with E-state index in [9.17, 15) is 0 Å². The first kappa shape index (κ1) is 9.73. The summed E-state index contributed by atoms with van der Waals surface area (Å²) in [5.74, 6) is 0. The van der Waals surface area contributed by atoms with Crippen LogP contribution in [0.2, 0.25) is 0 Å². The molecule has 16 heavy (non-hydrogen) atoms. The first-order valence-electron chi connectivity index (χ1n) is 5.37. The molecule has 0 aliphatic rings. The maximum absolute atomic E-state index is 4.47. The highest BCUT2D eigenvalue weighted by Gasteiger charge is 2.03. The Balaban J connectivity index is 2.58. The van der Waals surface area contributed by atoms with E-state index in [0.717, 1.165) is 4.90 Å². The van der Waals surface area contributed by atoms with Crippen molar-refractivity contribution in [3.05, 3.63) is 54.1 Å². The summed E-state index contributed by atoms with van der Waals surface area (Å²) in [4.78, 5) is 1.06. The van der Waals surface area contributed by atoms with Crippen molar-refractivity contribution in [2.75, 3.05) is 0 Å². The zero-order chi connectivity index (χ0) is 11.1. The van der Waals surface area contributed by atoms with Gasteiger partial charge in [0.05, 0.1) is 0 Å². The molecule has 78 valence electrons. The molecular weight excluding hydrogens is 212 g/mol. The van der Waals surface area contributed by atoms with Crippen molar-refractivity contribution in [3.63, 3.8) is 0 Å². The molecule has 0 atom stereocenters. The van der Waals surface area contributed by atoms with Crippen LogP contribution < -0.4 is 0 Å².